The molecule has 122 valence electrons. The Kier molecular flexibility index (Phi) is 4.11. The van der Waals surface area contributed by atoms with E-state index in [4.69, 9.17) is 4.74 Å². The molecule has 0 unspecified atom stereocenters. The zero-order valence-electron chi connectivity index (χ0n) is 12.5. The van der Waals surface area contributed by atoms with Gasteiger partial charge in [0.2, 0.25) is 5.91 Å². The molecule has 1 aliphatic heterocycles. The lowest BCUT2D eigenvalue weighted by Crippen LogP contribution is -2.44. The summed E-state index contributed by atoms with van der Waals surface area (Å²) < 4.78 is 5.25. The zero-order chi connectivity index (χ0) is 17.1. The zero-order valence-corrected chi connectivity index (χ0v) is 12.5. The van der Waals surface area contributed by atoms with Crippen LogP contribution in [0.15, 0.2) is 48.7 Å². The summed E-state index contributed by atoms with van der Waals surface area (Å²) >= 11 is 0. The van der Waals surface area contributed by atoms with Crippen molar-refractivity contribution >= 4 is 29.2 Å². The van der Waals surface area contributed by atoms with Gasteiger partial charge in [0.05, 0.1) is 11.4 Å². The summed E-state index contributed by atoms with van der Waals surface area (Å²) in [6, 6.07) is 11.1. The fraction of sp³-hybridized carbons (Fsp3) is 0.125. The standard InChI is InChI=1S/C16H13N3O5/c20-14-9-18(12-6-2-1-5-11(12)17-14)15(21)10-24-16(22)13-7-3-4-8-19(13)23/h1-8H,9-10H2,(H,17,20). The van der Waals surface area contributed by atoms with E-state index >= 15 is 0 Å². The first-order valence-corrected chi connectivity index (χ1v) is 7.11. The van der Waals surface area contributed by atoms with Crippen LogP contribution in [-0.4, -0.2) is 30.9 Å². The Balaban J connectivity index is 1.71. The number of rotatable bonds is 3. The molecule has 8 nitrogen and oxygen atoms in total. The van der Waals surface area contributed by atoms with E-state index in [-0.39, 0.29) is 18.1 Å². The van der Waals surface area contributed by atoms with Crippen molar-refractivity contribution in [3.63, 3.8) is 0 Å². The molecule has 0 aliphatic carbocycles. The van der Waals surface area contributed by atoms with Crippen molar-refractivity contribution < 1.29 is 23.9 Å². The van der Waals surface area contributed by atoms with Gasteiger partial charge in [0.15, 0.2) is 12.8 Å². The highest BCUT2D eigenvalue weighted by Gasteiger charge is 2.28. The molecule has 2 amide bonds. The van der Waals surface area contributed by atoms with E-state index in [9.17, 15) is 19.6 Å². The van der Waals surface area contributed by atoms with Crippen LogP contribution >= 0.6 is 0 Å². The predicted octanol–water partition coefficient (Wildman–Crippen LogP) is 0.462. The van der Waals surface area contributed by atoms with Gasteiger partial charge >= 0.3 is 11.7 Å². The van der Waals surface area contributed by atoms with Crippen molar-refractivity contribution in [1.82, 2.24) is 0 Å². The lowest BCUT2D eigenvalue weighted by molar-refractivity contribution is -0.608. The summed E-state index contributed by atoms with van der Waals surface area (Å²) in [6.07, 6.45) is 1.16. The number of pyridine rings is 1. The summed E-state index contributed by atoms with van der Waals surface area (Å²) in [6.45, 7) is -0.740. The predicted molar refractivity (Wildman–Crippen MR) is 83.1 cm³/mol. The second-order valence-corrected chi connectivity index (χ2v) is 5.03. The summed E-state index contributed by atoms with van der Waals surface area (Å²) in [5.74, 6) is -1.80. The molecule has 1 aromatic heterocycles. The molecule has 1 aromatic carbocycles. The molecule has 0 saturated carbocycles. The highest BCUT2D eigenvalue weighted by atomic mass is 16.5. The average Bonchev–Trinajstić information content (AvgIpc) is 2.59. The number of hydrogen-bond donors (Lipinski definition) is 1. The maximum atomic E-state index is 12.3. The Morgan fingerprint density at radius 1 is 1.21 bits per heavy atom. The van der Waals surface area contributed by atoms with Crippen LogP contribution in [0.1, 0.15) is 10.5 Å². The minimum atomic E-state index is -0.909. The van der Waals surface area contributed by atoms with Gasteiger partial charge in [-0.15, -0.1) is 0 Å². The number of esters is 1. The molecule has 0 radical (unpaired) electrons. The molecule has 0 atom stereocenters. The van der Waals surface area contributed by atoms with Gasteiger partial charge in [-0.2, -0.15) is 4.73 Å². The van der Waals surface area contributed by atoms with Gasteiger partial charge in [-0.25, -0.2) is 4.79 Å². The number of nitrogens with zero attached hydrogens (tertiary/aromatic N) is 2. The third-order valence-corrected chi connectivity index (χ3v) is 3.43. The van der Waals surface area contributed by atoms with Gasteiger partial charge in [0.1, 0.15) is 6.54 Å². The van der Waals surface area contributed by atoms with Crippen LogP contribution in [0.25, 0.3) is 0 Å². The van der Waals surface area contributed by atoms with Crippen LogP contribution in [0, 0.1) is 5.21 Å². The number of benzene rings is 1. The maximum absolute atomic E-state index is 12.3. The largest absolute Gasteiger partial charge is 0.618 e. The molecule has 3 rings (SSSR count). The Labute approximate surface area is 136 Å². The van der Waals surface area contributed by atoms with Gasteiger partial charge < -0.3 is 15.3 Å². The third-order valence-electron chi connectivity index (χ3n) is 3.43. The number of anilines is 2. The fourth-order valence-electron chi connectivity index (χ4n) is 2.32. The number of carbonyl (C=O) groups is 3. The van der Waals surface area contributed by atoms with Crippen molar-refractivity contribution in [1.29, 1.82) is 0 Å². The van der Waals surface area contributed by atoms with E-state index < -0.39 is 18.5 Å². The average molecular weight is 327 g/mol. The van der Waals surface area contributed by atoms with Crippen molar-refractivity contribution in [2.24, 2.45) is 0 Å². The van der Waals surface area contributed by atoms with E-state index in [1.54, 1.807) is 24.3 Å². The lowest BCUT2D eigenvalue weighted by atomic mass is 10.2. The minimum absolute atomic E-state index is 0.166. The van der Waals surface area contributed by atoms with Crippen molar-refractivity contribution in [2.45, 2.75) is 0 Å². The quantitative estimate of drug-likeness (QED) is 0.501. The van der Waals surface area contributed by atoms with Crippen molar-refractivity contribution in [3.8, 4) is 0 Å². The molecular weight excluding hydrogens is 314 g/mol. The number of nitrogens with one attached hydrogen (secondary N) is 1. The van der Waals surface area contributed by atoms with Crippen LogP contribution < -0.4 is 14.9 Å². The summed E-state index contributed by atoms with van der Waals surface area (Å²) in [5.41, 5.74) is 0.813. The molecule has 8 heteroatoms. The Hall–Kier alpha value is -3.42. The Morgan fingerprint density at radius 2 is 1.96 bits per heavy atom. The molecule has 0 bridgehead atoms. The van der Waals surface area contributed by atoms with Crippen molar-refractivity contribution in [3.05, 3.63) is 59.6 Å². The van der Waals surface area contributed by atoms with Crippen LogP contribution in [0.2, 0.25) is 0 Å². The van der Waals surface area contributed by atoms with Gasteiger partial charge in [-0.1, -0.05) is 12.1 Å². The van der Waals surface area contributed by atoms with E-state index in [0.717, 1.165) is 6.20 Å². The second kappa shape index (κ2) is 6.37. The maximum Gasteiger partial charge on any atom is 0.405 e. The first-order valence-electron chi connectivity index (χ1n) is 7.11. The van der Waals surface area contributed by atoms with Gasteiger partial charge in [-0.05, 0) is 18.2 Å². The monoisotopic (exact) mass is 327 g/mol. The summed E-state index contributed by atoms with van der Waals surface area (Å²) in [5, 5.41) is 14.1. The van der Waals surface area contributed by atoms with Crippen molar-refractivity contribution in [2.75, 3.05) is 23.4 Å². The fourth-order valence-corrected chi connectivity index (χ4v) is 2.32. The molecule has 24 heavy (non-hydrogen) atoms. The normalized spacial score (nSPS) is 13.0. The van der Waals surface area contributed by atoms with Crippen LogP contribution in [0.4, 0.5) is 11.4 Å². The molecule has 1 aliphatic rings. The summed E-state index contributed by atoms with van der Waals surface area (Å²) in [4.78, 5) is 37.1. The topological polar surface area (TPSA) is 103 Å². The van der Waals surface area contributed by atoms with Crippen LogP contribution in [-0.2, 0) is 14.3 Å². The first kappa shape index (κ1) is 15.5. The van der Waals surface area contributed by atoms with Gasteiger partial charge in [0, 0.05) is 12.1 Å². The molecule has 0 fully saturated rings. The number of ether oxygens (including phenoxy) is 1. The number of amides is 2. The van der Waals surface area contributed by atoms with E-state index in [2.05, 4.69) is 5.32 Å². The molecule has 2 heterocycles. The lowest BCUT2D eigenvalue weighted by Gasteiger charge is -2.28. The molecular formula is C16H13N3O5. The summed E-state index contributed by atoms with van der Waals surface area (Å²) in [7, 11) is 0. The first-order chi connectivity index (χ1) is 11.6. The number of carbonyl (C=O) groups excluding carboxylic acids is 3. The minimum Gasteiger partial charge on any atom is -0.618 e. The van der Waals surface area contributed by atoms with Crippen LogP contribution in [0.3, 0.4) is 0 Å². The molecule has 2 aromatic rings. The van der Waals surface area contributed by atoms with Gasteiger partial charge in [0.25, 0.3) is 5.91 Å². The van der Waals surface area contributed by atoms with Gasteiger partial charge in [-0.3, -0.25) is 14.5 Å². The Morgan fingerprint density at radius 3 is 2.75 bits per heavy atom. The van der Waals surface area contributed by atoms with E-state index in [1.807, 2.05) is 0 Å². The number of para-hydroxylation sites is 2. The highest BCUT2D eigenvalue weighted by molar-refractivity contribution is 6.10. The Bertz CT molecular complexity index is 821. The van der Waals surface area contributed by atoms with E-state index in [0.29, 0.717) is 16.1 Å². The molecule has 0 spiro atoms. The van der Waals surface area contributed by atoms with E-state index in [1.165, 1.54) is 23.1 Å². The highest BCUT2D eigenvalue weighted by Crippen LogP contribution is 2.28. The number of fused-ring (bicyclic) bond motifs is 1. The molecule has 1 N–H and O–H groups in total. The van der Waals surface area contributed by atoms with Crippen LogP contribution in [0.5, 0.6) is 0 Å². The molecule has 0 saturated heterocycles. The third kappa shape index (κ3) is 3.02. The SMILES string of the molecule is O=C1CN(C(=O)COC(=O)c2cccc[n+]2[O-])c2ccccc2N1. The number of aromatic nitrogens is 1. The second-order valence-electron chi connectivity index (χ2n) is 5.03. The smallest absolute Gasteiger partial charge is 0.405 e. The number of hydrogen-bond acceptors (Lipinski definition) is 5.